The van der Waals surface area contributed by atoms with Crippen LogP contribution in [0.25, 0.3) is 0 Å². The van der Waals surface area contributed by atoms with Crippen molar-refractivity contribution in [1.82, 2.24) is 15.1 Å². The van der Waals surface area contributed by atoms with E-state index in [1.165, 1.54) is 0 Å². The molecule has 3 rings (SSSR count). The molecule has 0 saturated carbocycles. The first-order valence-electron chi connectivity index (χ1n) is 7.09. The quantitative estimate of drug-likeness (QED) is 0.937. The zero-order chi connectivity index (χ0) is 14.8. The van der Waals surface area contributed by atoms with Gasteiger partial charge >= 0.3 is 0 Å². The van der Waals surface area contributed by atoms with Crippen LogP contribution in [0, 0.1) is 12.8 Å². The van der Waals surface area contributed by atoms with Crippen molar-refractivity contribution < 1.29 is 9.53 Å². The summed E-state index contributed by atoms with van der Waals surface area (Å²) in [4.78, 5) is 14.3. The Morgan fingerprint density at radius 2 is 2.29 bits per heavy atom. The maximum absolute atomic E-state index is 12.6. The van der Waals surface area contributed by atoms with Crippen molar-refractivity contribution in [3.63, 3.8) is 0 Å². The van der Waals surface area contributed by atoms with Gasteiger partial charge in [0, 0.05) is 24.8 Å². The molecule has 1 N–H and O–H groups in total. The highest BCUT2D eigenvalue weighted by Gasteiger charge is 2.28. The van der Waals surface area contributed by atoms with Crippen LogP contribution in [0.15, 0.2) is 30.5 Å². The third kappa shape index (κ3) is 2.77. The van der Waals surface area contributed by atoms with Gasteiger partial charge in [-0.3, -0.25) is 9.89 Å². The minimum Gasteiger partial charge on any atom is -0.492 e. The molecule has 1 aliphatic heterocycles. The van der Waals surface area contributed by atoms with Crippen LogP contribution in [0.3, 0.4) is 0 Å². The number of ether oxygens (including phenoxy) is 1. The number of para-hydroxylation sites is 1. The summed E-state index contributed by atoms with van der Waals surface area (Å²) >= 11 is 0. The van der Waals surface area contributed by atoms with Crippen LogP contribution in [-0.4, -0.2) is 34.7 Å². The number of aromatic amines is 1. The Morgan fingerprint density at radius 1 is 1.48 bits per heavy atom. The van der Waals surface area contributed by atoms with E-state index in [2.05, 4.69) is 10.2 Å². The molecule has 0 radical (unpaired) electrons. The highest BCUT2D eigenvalue weighted by Crippen LogP contribution is 2.27. The summed E-state index contributed by atoms with van der Waals surface area (Å²) in [6.07, 6.45) is 2.51. The smallest absolute Gasteiger partial charge is 0.229 e. The second-order valence-electron chi connectivity index (χ2n) is 5.53. The summed E-state index contributed by atoms with van der Waals surface area (Å²) in [7, 11) is 1.83. The summed E-state index contributed by atoms with van der Waals surface area (Å²) in [6.45, 7) is 2.98. The van der Waals surface area contributed by atoms with Gasteiger partial charge in [0.15, 0.2) is 0 Å². The summed E-state index contributed by atoms with van der Waals surface area (Å²) in [5.41, 5.74) is 3.15. The van der Waals surface area contributed by atoms with Crippen LogP contribution in [0.5, 0.6) is 5.75 Å². The molecule has 1 aliphatic rings. The van der Waals surface area contributed by atoms with Gasteiger partial charge < -0.3 is 9.64 Å². The number of carbonyl (C=O) groups is 1. The Kier molecular flexibility index (Phi) is 3.64. The van der Waals surface area contributed by atoms with Crippen molar-refractivity contribution in [3.05, 3.63) is 47.3 Å². The predicted molar refractivity (Wildman–Crippen MR) is 78.9 cm³/mol. The van der Waals surface area contributed by atoms with Gasteiger partial charge in [0.25, 0.3) is 0 Å². The first-order chi connectivity index (χ1) is 10.1. The SMILES string of the molecule is Cc1[nH]ncc1CN(C)C(=O)C1COc2ccccc2C1. The minimum atomic E-state index is -0.114. The number of aryl methyl sites for hydroxylation is 1. The van der Waals surface area contributed by atoms with Gasteiger partial charge in [-0.15, -0.1) is 0 Å². The Morgan fingerprint density at radius 3 is 3.05 bits per heavy atom. The van der Waals surface area contributed by atoms with Gasteiger partial charge in [0.1, 0.15) is 12.4 Å². The molecule has 0 aliphatic carbocycles. The number of fused-ring (bicyclic) bond motifs is 1. The summed E-state index contributed by atoms with van der Waals surface area (Å²) in [5, 5.41) is 6.88. The fraction of sp³-hybridized carbons (Fsp3) is 0.375. The second-order valence-corrected chi connectivity index (χ2v) is 5.53. The van der Waals surface area contributed by atoms with Gasteiger partial charge in [-0.2, -0.15) is 5.10 Å². The van der Waals surface area contributed by atoms with E-state index in [9.17, 15) is 4.79 Å². The molecule has 1 atom stereocenters. The number of carbonyl (C=O) groups excluding carboxylic acids is 1. The van der Waals surface area contributed by atoms with Crippen LogP contribution >= 0.6 is 0 Å². The molecule has 2 heterocycles. The fourth-order valence-electron chi connectivity index (χ4n) is 2.67. The number of nitrogens with one attached hydrogen (secondary N) is 1. The van der Waals surface area contributed by atoms with E-state index >= 15 is 0 Å². The van der Waals surface area contributed by atoms with Gasteiger partial charge in [-0.25, -0.2) is 0 Å². The van der Waals surface area contributed by atoms with Crippen molar-refractivity contribution in [2.24, 2.45) is 5.92 Å². The zero-order valence-electron chi connectivity index (χ0n) is 12.3. The van der Waals surface area contributed by atoms with Gasteiger partial charge in [-0.1, -0.05) is 18.2 Å². The lowest BCUT2D eigenvalue weighted by Crippen LogP contribution is -2.38. The molecular formula is C16H19N3O2. The van der Waals surface area contributed by atoms with E-state index in [-0.39, 0.29) is 11.8 Å². The molecule has 0 bridgehead atoms. The number of hydrogen-bond acceptors (Lipinski definition) is 3. The summed E-state index contributed by atoms with van der Waals surface area (Å²) in [5.74, 6) is 0.900. The third-order valence-corrected chi connectivity index (χ3v) is 3.95. The monoisotopic (exact) mass is 285 g/mol. The van der Waals surface area contributed by atoms with Gasteiger partial charge in [0.2, 0.25) is 5.91 Å². The number of benzene rings is 1. The molecule has 1 amide bonds. The van der Waals surface area contributed by atoms with E-state index in [0.29, 0.717) is 13.2 Å². The average Bonchev–Trinajstić information content (AvgIpc) is 2.91. The van der Waals surface area contributed by atoms with Crippen molar-refractivity contribution in [3.8, 4) is 5.75 Å². The first kappa shape index (κ1) is 13.7. The number of nitrogens with zero attached hydrogens (tertiary/aromatic N) is 2. The number of amides is 1. The van der Waals surface area contributed by atoms with Crippen LogP contribution in [0.1, 0.15) is 16.8 Å². The van der Waals surface area contributed by atoms with E-state index in [4.69, 9.17) is 4.74 Å². The molecule has 5 heteroatoms. The van der Waals surface area contributed by atoms with E-state index < -0.39 is 0 Å². The predicted octanol–water partition coefficient (Wildman–Crippen LogP) is 1.93. The molecule has 0 fully saturated rings. The van der Waals surface area contributed by atoms with E-state index in [1.807, 2.05) is 38.2 Å². The third-order valence-electron chi connectivity index (χ3n) is 3.95. The van der Waals surface area contributed by atoms with Crippen LogP contribution in [0.4, 0.5) is 0 Å². The first-order valence-corrected chi connectivity index (χ1v) is 7.09. The van der Waals surface area contributed by atoms with Crippen molar-refractivity contribution in [2.75, 3.05) is 13.7 Å². The lowest BCUT2D eigenvalue weighted by Gasteiger charge is -2.28. The largest absolute Gasteiger partial charge is 0.492 e. The fourth-order valence-corrected chi connectivity index (χ4v) is 2.67. The molecule has 0 saturated heterocycles. The Labute approximate surface area is 123 Å². The number of H-pyrrole nitrogens is 1. The number of aromatic nitrogens is 2. The molecule has 0 spiro atoms. The Balaban J connectivity index is 1.67. The topological polar surface area (TPSA) is 58.2 Å². The molecule has 21 heavy (non-hydrogen) atoms. The van der Waals surface area contributed by atoms with E-state index in [1.54, 1.807) is 11.1 Å². The van der Waals surface area contributed by atoms with Crippen molar-refractivity contribution in [2.45, 2.75) is 19.9 Å². The second kappa shape index (κ2) is 5.60. The van der Waals surface area contributed by atoms with Gasteiger partial charge in [0.05, 0.1) is 12.1 Å². The van der Waals surface area contributed by atoms with Crippen LogP contribution < -0.4 is 4.74 Å². The maximum Gasteiger partial charge on any atom is 0.229 e. The highest BCUT2D eigenvalue weighted by molar-refractivity contribution is 5.79. The maximum atomic E-state index is 12.6. The molecule has 2 aromatic rings. The molecule has 5 nitrogen and oxygen atoms in total. The average molecular weight is 285 g/mol. The number of hydrogen-bond donors (Lipinski definition) is 1. The van der Waals surface area contributed by atoms with E-state index in [0.717, 1.165) is 29.0 Å². The lowest BCUT2D eigenvalue weighted by molar-refractivity contribution is -0.136. The lowest BCUT2D eigenvalue weighted by atomic mass is 9.95. The molecule has 110 valence electrons. The zero-order valence-corrected chi connectivity index (χ0v) is 12.3. The van der Waals surface area contributed by atoms with Crippen LogP contribution in [0.2, 0.25) is 0 Å². The van der Waals surface area contributed by atoms with Crippen molar-refractivity contribution >= 4 is 5.91 Å². The standard InChI is InChI=1S/C16H19N3O2/c1-11-14(8-17-18-11)9-19(2)16(20)13-7-12-5-3-4-6-15(12)21-10-13/h3-6,8,13H,7,9-10H2,1-2H3,(H,17,18). The highest BCUT2D eigenvalue weighted by atomic mass is 16.5. The minimum absolute atomic E-state index is 0.114. The molecule has 1 aromatic carbocycles. The van der Waals surface area contributed by atoms with Gasteiger partial charge in [-0.05, 0) is 25.0 Å². The van der Waals surface area contributed by atoms with Crippen molar-refractivity contribution in [1.29, 1.82) is 0 Å². The summed E-state index contributed by atoms with van der Waals surface area (Å²) < 4.78 is 5.70. The normalized spacial score (nSPS) is 17.0. The Bertz CT molecular complexity index is 650. The van der Waals surface area contributed by atoms with Crippen LogP contribution in [-0.2, 0) is 17.8 Å². The molecule has 1 aromatic heterocycles. The number of rotatable bonds is 3. The summed E-state index contributed by atoms with van der Waals surface area (Å²) in [6, 6.07) is 7.91. The Hall–Kier alpha value is -2.30. The molecule has 1 unspecified atom stereocenters. The molecular weight excluding hydrogens is 266 g/mol.